The molecule has 0 radical (unpaired) electrons. The molecule has 0 spiro atoms. The van der Waals surface area contributed by atoms with Gasteiger partial charge in [0.2, 0.25) is 5.43 Å². The Morgan fingerprint density at radius 3 is 2.83 bits per heavy atom. The third-order valence-electron chi connectivity index (χ3n) is 5.49. The summed E-state index contributed by atoms with van der Waals surface area (Å²) in [5, 5.41) is 11.3. The summed E-state index contributed by atoms with van der Waals surface area (Å²) < 4.78 is 20.6. The van der Waals surface area contributed by atoms with E-state index in [-0.39, 0.29) is 22.9 Å². The first kappa shape index (κ1) is 19.3. The number of hydrogen-bond donors (Lipinski definition) is 1. The molecule has 0 aliphatic carbocycles. The second kappa shape index (κ2) is 7.22. The number of carboxylic acids is 1. The maximum absolute atomic E-state index is 14.9. The third-order valence-corrected chi connectivity index (χ3v) is 6.45. The number of aromatic nitrogens is 2. The monoisotopic (exact) mass is 434 g/mol. The number of hydroxylamine groups is 2. The van der Waals surface area contributed by atoms with Crippen LogP contribution in [0.5, 0.6) is 0 Å². The first-order valence-electron chi connectivity index (χ1n) is 9.48. The fourth-order valence-electron chi connectivity index (χ4n) is 3.88. The van der Waals surface area contributed by atoms with Crippen LogP contribution in [0.3, 0.4) is 0 Å². The minimum absolute atomic E-state index is 0.0722. The topological polar surface area (TPSA) is 104 Å². The lowest BCUT2D eigenvalue weighted by molar-refractivity contribution is -0.146. The second-order valence-corrected chi connectivity index (χ2v) is 8.30. The Bertz CT molecular complexity index is 1110. The molecule has 1 atom stereocenters. The van der Waals surface area contributed by atoms with E-state index in [1.54, 1.807) is 27.8 Å². The molecule has 0 bridgehead atoms. The number of pyridine rings is 2. The molecule has 1 unspecified atom stereocenters. The number of rotatable bonds is 4. The van der Waals surface area contributed by atoms with Crippen molar-refractivity contribution in [1.82, 2.24) is 19.5 Å². The Balaban J connectivity index is 1.58. The third kappa shape index (κ3) is 3.02. The lowest BCUT2D eigenvalue weighted by atomic mass is 10.1. The van der Waals surface area contributed by atoms with E-state index in [2.05, 4.69) is 9.38 Å². The summed E-state index contributed by atoms with van der Waals surface area (Å²) in [5.41, 5.74) is -1.41. The molecule has 3 aliphatic heterocycles. The summed E-state index contributed by atoms with van der Waals surface area (Å²) in [6, 6.07) is 1.26. The van der Waals surface area contributed by atoms with Crippen LogP contribution >= 0.6 is 11.9 Å². The fraction of sp³-hybridized carbons (Fsp3) is 0.444. The molecule has 158 valence electrons. The SMILES string of the molecule is CN1C=NSC1n1cc(C(=O)O)c(=O)c2cc(F)c(N3CC(N4CCCO4)C3)nc21. The summed E-state index contributed by atoms with van der Waals surface area (Å²) >= 11 is 1.19. The number of halogens is 1. The Morgan fingerprint density at radius 2 is 2.20 bits per heavy atom. The lowest BCUT2D eigenvalue weighted by Crippen LogP contribution is -2.59. The predicted octanol–water partition coefficient (Wildman–Crippen LogP) is 1.14. The van der Waals surface area contributed by atoms with Gasteiger partial charge in [0.15, 0.2) is 17.1 Å². The van der Waals surface area contributed by atoms with Crippen LogP contribution in [0.15, 0.2) is 21.5 Å². The van der Waals surface area contributed by atoms with Crippen LogP contribution in [-0.2, 0) is 4.84 Å². The molecule has 2 fully saturated rings. The van der Waals surface area contributed by atoms with Crippen molar-refractivity contribution in [3.8, 4) is 0 Å². The fourth-order valence-corrected chi connectivity index (χ4v) is 4.66. The summed E-state index contributed by atoms with van der Waals surface area (Å²) in [7, 11) is 1.78. The number of hydrogen-bond acceptors (Lipinski definition) is 9. The zero-order valence-corrected chi connectivity index (χ0v) is 16.9. The van der Waals surface area contributed by atoms with E-state index in [1.807, 2.05) is 5.06 Å². The van der Waals surface area contributed by atoms with Crippen LogP contribution in [0.2, 0.25) is 0 Å². The lowest BCUT2D eigenvalue weighted by Gasteiger charge is -2.43. The van der Waals surface area contributed by atoms with Gasteiger partial charge in [-0.3, -0.25) is 14.2 Å². The quantitative estimate of drug-likeness (QED) is 0.710. The minimum atomic E-state index is -1.37. The summed E-state index contributed by atoms with van der Waals surface area (Å²) in [6.45, 7) is 2.68. The molecule has 30 heavy (non-hydrogen) atoms. The van der Waals surface area contributed by atoms with Gasteiger partial charge >= 0.3 is 5.97 Å². The molecular weight excluding hydrogens is 415 g/mol. The van der Waals surface area contributed by atoms with Crippen LogP contribution in [0.25, 0.3) is 11.0 Å². The minimum Gasteiger partial charge on any atom is -0.477 e. The van der Waals surface area contributed by atoms with Gasteiger partial charge in [0, 0.05) is 44.8 Å². The first-order chi connectivity index (χ1) is 14.4. The standard InChI is InChI=1S/C18H19FN6O4S/c1-22-9-20-30-18(22)24-8-12(17(27)28)14(26)11-5-13(19)16(21-15(11)24)23-6-10(7-23)25-3-2-4-29-25/h5,8-10,18H,2-4,6-7H2,1H3,(H,27,28). The molecule has 2 aromatic rings. The second-order valence-electron chi connectivity index (χ2n) is 7.45. The van der Waals surface area contributed by atoms with Crippen molar-refractivity contribution >= 4 is 41.1 Å². The highest BCUT2D eigenvalue weighted by molar-refractivity contribution is 7.98. The van der Waals surface area contributed by atoms with Crippen LogP contribution < -0.4 is 10.3 Å². The summed E-state index contributed by atoms with van der Waals surface area (Å²) in [4.78, 5) is 37.8. The average Bonchev–Trinajstić information content (AvgIpc) is 3.34. The molecule has 10 nitrogen and oxygen atoms in total. The van der Waals surface area contributed by atoms with E-state index in [0.29, 0.717) is 19.7 Å². The van der Waals surface area contributed by atoms with E-state index < -0.39 is 28.3 Å². The van der Waals surface area contributed by atoms with Crippen molar-refractivity contribution in [2.75, 3.05) is 38.2 Å². The number of anilines is 1. The van der Waals surface area contributed by atoms with E-state index in [0.717, 1.165) is 19.0 Å². The van der Waals surface area contributed by atoms with Gasteiger partial charge in [-0.25, -0.2) is 18.6 Å². The van der Waals surface area contributed by atoms with Gasteiger partial charge in [-0.1, -0.05) is 0 Å². The smallest absolute Gasteiger partial charge is 0.341 e. The molecule has 2 aromatic heterocycles. The number of fused-ring (bicyclic) bond motifs is 1. The van der Waals surface area contributed by atoms with Crippen molar-refractivity contribution in [2.24, 2.45) is 4.40 Å². The Hall–Kier alpha value is -2.70. The van der Waals surface area contributed by atoms with Crippen LogP contribution in [-0.4, -0.2) is 76.3 Å². The average molecular weight is 434 g/mol. The van der Waals surface area contributed by atoms with Gasteiger partial charge in [0.05, 0.1) is 18.0 Å². The molecule has 0 amide bonds. The Morgan fingerprint density at radius 1 is 1.40 bits per heavy atom. The summed E-state index contributed by atoms with van der Waals surface area (Å²) in [5.74, 6) is -1.89. The van der Waals surface area contributed by atoms with Crippen LogP contribution in [0.4, 0.5) is 10.2 Å². The number of carboxylic acid groups (broad SMARTS) is 1. The van der Waals surface area contributed by atoms with Crippen LogP contribution in [0.1, 0.15) is 22.3 Å². The number of carbonyl (C=O) groups is 1. The van der Waals surface area contributed by atoms with Gasteiger partial charge in [-0.15, -0.1) is 0 Å². The van der Waals surface area contributed by atoms with Crippen molar-refractivity contribution in [3.63, 3.8) is 0 Å². The summed E-state index contributed by atoms with van der Waals surface area (Å²) in [6.07, 6.45) is 3.83. The van der Waals surface area contributed by atoms with E-state index in [1.165, 1.54) is 18.1 Å². The van der Waals surface area contributed by atoms with E-state index in [9.17, 15) is 19.1 Å². The van der Waals surface area contributed by atoms with Crippen LogP contribution in [0, 0.1) is 5.82 Å². The largest absolute Gasteiger partial charge is 0.477 e. The maximum atomic E-state index is 14.9. The molecule has 0 saturated carbocycles. The molecule has 1 N–H and O–H groups in total. The highest BCUT2D eigenvalue weighted by Gasteiger charge is 2.37. The van der Waals surface area contributed by atoms with Gasteiger partial charge < -0.3 is 14.9 Å². The van der Waals surface area contributed by atoms with Gasteiger partial charge in [-0.05, 0) is 12.5 Å². The van der Waals surface area contributed by atoms with Gasteiger partial charge in [0.25, 0.3) is 0 Å². The molecule has 2 saturated heterocycles. The Kier molecular flexibility index (Phi) is 4.64. The zero-order chi connectivity index (χ0) is 21.0. The Labute approximate surface area is 174 Å². The highest BCUT2D eigenvalue weighted by Crippen LogP contribution is 2.34. The molecule has 5 heterocycles. The molecule has 0 aromatic carbocycles. The number of aromatic carboxylic acids is 1. The molecule has 12 heteroatoms. The zero-order valence-electron chi connectivity index (χ0n) is 16.1. The normalized spacial score (nSPS) is 22.3. The van der Waals surface area contributed by atoms with E-state index >= 15 is 0 Å². The van der Waals surface area contributed by atoms with Gasteiger partial charge in [0.1, 0.15) is 17.5 Å². The van der Waals surface area contributed by atoms with Crippen molar-refractivity contribution in [1.29, 1.82) is 0 Å². The molecule has 3 aliphatic rings. The van der Waals surface area contributed by atoms with E-state index in [4.69, 9.17) is 4.84 Å². The van der Waals surface area contributed by atoms with Gasteiger partial charge in [-0.2, -0.15) is 5.06 Å². The van der Waals surface area contributed by atoms with Crippen molar-refractivity contribution in [3.05, 3.63) is 33.9 Å². The highest BCUT2D eigenvalue weighted by atomic mass is 32.2. The molecular formula is C18H19FN6O4S. The first-order valence-corrected chi connectivity index (χ1v) is 10.3. The number of nitrogens with zero attached hydrogens (tertiary/aromatic N) is 6. The predicted molar refractivity (Wildman–Crippen MR) is 109 cm³/mol. The van der Waals surface area contributed by atoms with Crippen molar-refractivity contribution < 1.29 is 19.1 Å². The van der Waals surface area contributed by atoms with Crippen molar-refractivity contribution in [2.45, 2.75) is 18.0 Å². The maximum Gasteiger partial charge on any atom is 0.341 e. The molecule has 5 rings (SSSR count).